The maximum atomic E-state index is 12.8. The van der Waals surface area contributed by atoms with Crippen LogP contribution in [0.25, 0.3) is 0 Å². The molecule has 1 aliphatic heterocycles. The second-order valence-electron chi connectivity index (χ2n) is 5.61. The smallest absolute Gasteiger partial charge is 0.307 e. The molecular formula is C14H18BrNO4S. The number of halogens is 1. The summed E-state index contributed by atoms with van der Waals surface area (Å²) in [5, 5.41) is 9.17. The summed E-state index contributed by atoms with van der Waals surface area (Å²) >= 11 is 3.31. The lowest BCUT2D eigenvalue weighted by atomic mass is 9.92. The normalized spacial score (nSPS) is 24.0. The van der Waals surface area contributed by atoms with Gasteiger partial charge in [0.05, 0.1) is 10.8 Å². The molecule has 1 saturated heterocycles. The molecule has 1 heterocycles. The highest BCUT2D eigenvalue weighted by atomic mass is 79.9. The van der Waals surface area contributed by atoms with Gasteiger partial charge in [0, 0.05) is 17.6 Å². The molecule has 0 radical (unpaired) electrons. The number of hydrogen-bond donors (Lipinski definition) is 1. The standard InChI is InChI=1S/C14H18BrNO4S/c1-9-5-11(14(17)18)8-16(7-9)21(19,20)13-4-3-12(15)6-10(13)2/h3-4,6,9,11H,5,7-8H2,1-2H3,(H,17,18). The van der Waals surface area contributed by atoms with E-state index in [1.807, 2.05) is 6.92 Å². The van der Waals surface area contributed by atoms with E-state index in [1.54, 1.807) is 25.1 Å². The number of nitrogens with zero attached hydrogens (tertiary/aromatic N) is 1. The SMILES string of the molecule is Cc1cc(Br)ccc1S(=O)(=O)N1CC(C)CC(C(=O)O)C1. The van der Waals surface area contributed by atoms with Crippen LogP contribution in [0.5, 0.6) is 0 Å². The molecule has 0 saturated carbocycles. The Morgan fingerprint density at radius 3 is 2.62 bits per heavy atom. The Morgan fingerprint density at radius 1 is 1.38 bits per heavy atom. The van der Waals surface area contributed by atoms with Crippen LogP contribution in [-0.2, 0) is 14.8 Å². The molecule has 0 amide bonds. The Hall–Kier alpha value is -0.920. The summed E-state index contributed by atoms with van der Waals surface area (Å²) in [5.41, 5.74) is 0.648. The summed E-state index contributed by atoms with van der Waals surface area (Å²) in [6.45, 7) is 4.02. The number of sulfonamides is 1. The Kier molecular flexibility index (Phi) is 4.75. The van der Waals surface area contributed by atoms with E-state index in [0.717, 1.165) is 4.47 Å². The number of carbonyl (C=O) groups is 1. The van der Waals surface area contributed by atoms with Crippen LogP contribution in [0, 0.1) is 18.8 Å². The zero-order valence-electron chi connectivity index (χ0n) is 11.9. The van der Waals surface area contributed by atoms with E-state index in [2.05, 4.69) is 15.9 Å². The third kappa shape index (κ3) is 3.46. The van der Waals surface area contributed by atoms with Crippen molar-refractivity contribution in [2.24, 2.45) is 11.8 Å². The number of carboxylic acid groups (broad SMARTS) is 1. The number of aliphatic carboxylic acids is 1. The summed E-state index contributed by atoms with van der Waals surface area (Å²) in [6.07, 6.45) is 0.515. The van der Waals surface area contributed by atoms with Crippen LogP contribution in [0.3, 0.4) is 0 Å². The van der Waals surface area contributed by atoms with Gasteiger partial charge in [-0.2, -0.15) is 4.31 Å². The molecule has 0 bridgehead atoms. The largest absolute Gasteiger partial charge is 0.481 e. The molecule has 21 heavy (non-hydrogen) atoms. The molecular weight excluding hydrogens is 358 g/mol. The molecule has 2 unspecified atom stereocenters. The third-order valence-electron chi connectivity index (χ3n) is 3.73. The van der Waals surface area contributed by atoms with Crippen molar-refractivity contribution in [2.75, 3.05) is 13.1 Å². The summed E-state index contributed by atoms with van der Waals surface area (Å²) in [5.74, 6) is -1.54. The lowest BCUT2D eigenvalue weighted by Crippen LogP contribution is -2.45. The Labute approximate surface area is 133 Å². The maximum absolute atomic E-state index is 12.8. The molecule has 0 aliphatic carbocycles. The first-order valence-electron chi connectivity index (χ1n) is 6.71. The Balaban J connectivity index is 2.36. The van der Waals surface area contributed by atoms with Crippen LogP contribution in [0.1, 0.15) is 18.9 Å². The quantitative estimate of drug-likeness (QED) is 0.880. The summed E-state index contributed by atoms with van der Waals surface area (Å²) in [6, 6.07) is 4.99. The van der Waals surface area contributed by atoms with Gasteiger partial charge in [0.15, 0.2) is 0 Å². The number of aryl methyl sites for hydroxylation is 1. The number of benzene rings is 1. The molecule has 2 rings (SSSR count). The molecule has 1 fully saturated rings. The highest BCUT2D eigenvalue weighted by Gasteiger charge is 2.36. The average Bonchev–Trinajstić information content (AvgIpc) is 2.37. The van der Waals surface area contributed by atoms with Crippen molar-refractivity contribution < 1.29 is 18.3 Å². The fourth-order valence-corrected chi connectivity index (χ4v) is 5.01. The number of carboxylic acids is 1. The van der Waals surface area contributed by atoms with E-state index in [4.69, 9.17) is 0 Å². The molecule has 1 aromatic carbocycles. The fourth-order valence-electron chi connectivity index (χ4n) is 2.72. The van der Waals surface area contributed by atoms with Gasteiger partial charge in [-0.25, -0.2) is 8.42 Å². The minimum absolute atomic E-state index is 0.0328. The van der Waals surface area contributed by atoms with Crippen molar-refractivity contribution in [1.82, 2.24) is 4.31 Å². The first-order valence-corrected chi connectivity index (χ1v) is 8.94. The molecule has 1 aliphatic rings. The van der Waals surface area contributed by atoms with Crippen molar-refractivity contribution in [3.05, 3.63) is 28.2 Å². The van der Waals surface area contributed by atoms with Gasteiger partial charge in [-0.05, 0) is 43.0 Å². The Bertz CT molecular complexity index is 659. The topological polar surface area (TPSA) is 74.7 Å². The number of piperidine rings is 1. The van der Waals surface area contributed by atoms with Crippen molar-refractivity contribution in [3.8, 4) is 0 Å². The third-order valence-corrected chi connectivity index (χ3v) is 6.22. The molecule has 2 atom stereocenters. The number of rotatable bonds is 3. The van der Waals surface area contributed by atoms with E-state index < -0.39 is 21.9 Å². The van der Waals surface area contributed by atoms with Crippen molar-refractivity contribution in [2.45, 2.75) is 25.2 Å². The summed E-state index contributed by atoms with van der Waals surface area (Å²) in [4.78, 5) is 11.4. The minimum Gasteiger partial charge on any atom is -0.481 e. The van der Waals surface area contributed by atoms with Crippen LogP contribution < -0.4 is 0 Å². The second-order valence-corrected chi connectivity index (χ2v) is 8.43. The predicted molar refractivity (Wildman–Crippen MR) is 82.5 cm³/mol. The molecule has 7 heteroatoms. The van der Waals surface area contributed by atoms with Gasteiger partial charge in [0.1, 0.15) is 0 Å². The minimum atomic E-state index is -3.66. The van der Waals surface area contributed by atoms with Gasteiger partial charge >= 0.3 is 5.97 Å². The van der Waals surface area contributed by atoms with Crippen LogP contribution in [0.4, 0.5) is 0 Å². The van der Waals surface area contributed by atoms with Gasteiger partial charge in [0.2, 0.25) is 10.0 Å². The molecule has 1 N–H and O–H groups in total. The van der Waals surface area contributed by atoms with Crippen molar-refractivity contribution >= 4 is 31.9 Å². The van der Waals surface area contributed by atoms with Gasteiger partial charge in [-0.1, -0.05) is 22.9 Å². The van der Waals surface area contributed by atoms with E-state index in [1.165, 1.54) is 4.31 Å². The first kappa shape index (κ1) is 16.5. The van der Waals surface area contributed by atoms with Gasteiger partial charge in [0.25, 0.3) is 0 Å². The van der Waals surface area contributed by atoms with Gasteiger partial charge in [-0.3, -0.25) is 4.79 Å². The average molecular weight is 376 g/mol. The maximum Gasteiger partial charge on any atom is 0.307 e. The first-order chi connectivity index (χ1) is 9.71. The molecule has 1 aromatic rings. The zero-order chi connectivity index (χ0) is 15.8. The van der Waals surface area contributed by atoms with E-state index >= 15 is 0 Å². The van der Waals surface area contributed by atoms with Gasteiger partial charge < -0.3 is 5.11 Å². The zero-order valence-corrected chi connectivity index (χ0v) is 14.3. The van der Waals surface area contributed by atoms with Crippen LogP contribution in [0.2, 0.25) is 0 Å². The lowest BCUT2D eigenvalue weighted by Gasteiger charge is -2.34. The number of hydrogen-bond acceptors (Lipinski definition) is 3. The van der Waals surface area contributed by atoms with E-state index in [-0.39, 0.29) is 17.4 Å². The van der Waals surface area contributed by atoms with Crippen molar-refractivity contribution in [3.63, 3.8) is 0 Å². The second kappa shape index (κ2) is 6.06. The van der Waals surface area contributed by atoms with Gasteiger partial charge in [-0.15, -0.1) is 0 Å². The predicted octanol–water partition coefficient (Wildman–Crippen LogP) is 2.49. The monoisotopic (exact) mass is 375 g/mol. The molecule has 0 spiro atoms. The van der Waals surface area contributed by atoms with E-state index in [9.17, 15) is 18.3 Å². The highest BCUT2D eigenvalue weighted by molar-refractivity contribution is 9.10. The summed E-state index contributed by atoms with van der Waals surface area (Å²) in [7, 11) is -3.66. The van der Waals surface area contributed by atoms with Crippen LogP contribution >= 0.6 is 15.9 Å². The van der Waals surface area contributed by atoms with Crippen LogP contribution in [-0.4, -0.2) is 36.9 Å². The van der Waals surface area contributed by atoms with E-state index in [0.29, 0.717) is 18.5 Å². The molecule has 116 valence electrons. The van der Waals surface area contributed by atoms with Crippen molar-refractivity contribution in [1.29, 1.82) is 0 Å². The molecule has 5 nitrogen and oxygen atoms in total. The van der Waals surface area contributed by atoms with Crippen LogP contribution in [0.15, 0.2) is 27.6 Å². The molecule has 0 aromatic heterocycles. The fraction of sp³-hybridized carbons (Fsp3) is 0.500. The lowest BCUT2D eigenvalue weighted by molar-refractivity contribution is -0.143. The Morgan fingerprint density at radius 2 is 2.05 bits per heavy atom. The highest BCUT2D eigenvalue weighted by Crippen LogP contribution is 2.29. The summed E-state index contributed by atoms with van der Waals surface area (Å²) < 4.78 is 27.6.